The number of hydrogen-bond acceptors (Lipinski definition) is 4. The van der Waals surface area contributed by atoms with Crippen molar-refractivity contribution in [1.29, 1.82) is 0 Å². The van der Waals surface area contributed by atoms with Crippen molar-refractivity contribution >= 4 is 5.97 Å². The maximum Gasteiger partial charge on any atom is 0.308 e. The van der Waals surface area contributed by atoms with Crippen LogP contribution in [0.25, 0.3) is 0 Å². The molecule has 2 unspecified atom stereocenters. The predicted molar refractivity (Wildman–Crippen MR) is 63.3 cm³/mol. The second-order valence-corrected chi connectivity index (χ2v) is 4.10. The molecule has 0 saturated carbocycles. The highest BCUT2D eigenvalue weighted by molar-refractivity contribution is 5.70. The van der Waals surface area contributed by atoms with Gasteiger partial charge < -0.3 is 14.9 Å². The second-order valence-electron chi connectivity index (χ2n) is 4.10. The molecule has 2 atom stereocenters. The number of halogens is 2. The van der Waals surface area contributed by atoms with E-state index < -0.39 is 36.2 Å². The van der Waals surface area contributed by atoms with Gasteiger partial charge in [-0.05, 0) is 31.0 Å². The van der Waals surface area contributed by atoms with Gasteiger partial charge in [0.15, 0.2) is 11.6 Å². The van der Waals surface area contributed by atoms with E-state index in [4.69, 9.17) is 0 Å². The first-order valence-electron chi connectivity index (χ1n) is 5.84. The Morgan fingerprint density at radius 2 is 2.00 bits per heavy atom. The molecule has 1 aromatic rings. The van der Waals surface area contributed by atoms with Crippen molar-refractivity contribution in [2.75, 3.05) is 6.61 Å². The lowest BCUT2D eigenvalue weighted by Gasteiger charge is -2.19. The zero-order valence-corrected chi connectivity index (χ0v) is 10.7. The number of carbonyl (C=O) groups excluding carboxylic acids is 1. The number of carbonyl (C=O) groups is 1. The quantitative estimate of drug-likeness (QED) is 0.801. The highest BCUT2D eigenvalue weighted by atomic mass is 19.2. The molecule has 0 heterocycles. The molecule has 0 aliphatic heterocycles. The standard InChI is InChI=1S/C13H16F2O4/c1-3-19-11(17)6-10(16)13(18)8-4-5-9(14)12(15)7(8)2/h4-5,10,13,16,18H,3,6H2,1-2H3. The van der Waals surface area contributed by atoms with Crippen LogP contribution in [0, 0.1) is 18.6 Å². The Morgan fingerprint density at radius 3 is 2.58 bits per heavy atom. The van der Waals surface area contributed by atoms with Gasteiger partial charge in [-0.25, -0.2) is 8.78 Å². The fourth-order valence-electron chi connectivity index (χ4n) is 1.70. The van der Waals surface area contributed by atoms with Gasteiger partial charge in [0, 0.05) is 0 Å². The van der Waals surface area contributed by atoms with E-state index in [0.717, 1.165) is 6.07 Å². The van der Waals surface area contributed by atoms with E-state index in [-0.39, 0.29) is 17.7 Å². The van der Waals surface area contributed by atoms with Crippen LogP contribution in [0.4, 0.5) is 8.78 Å². The van der Waals surface area contributed by atoms with Crippen LogP contribution in [0.3, 0.4) is 0 Å². The highest BCUT2D eigenvalue weighted by Crippen LogP contribution is 2.25. The Labute approximate surface area is 109 Å². The summed E-state index contributed by atoms with van der Waals surface area (Å²) in [5.41, 5.74) is -0.0638. The lowest BCUT2D eigenvalue weighted by molar-refractivity contribution is -0.147. The number of esters is 1. The van der Waals surface area contributed by atoms with Crippen molar-refractivity contribution in [2.24, 2.45) is 0 Å². The summed E-state index contributed by atoms with van der Waals surface area (Å²) in [7, 11) is 0. The number of benzene rings is 1. The van der Waals surface area contributed by atoms with Gasteiger partial charge >= 0.3 is 5.97 Å². The Hall–Kier alpha value is -1.53. The Kier molecular flexibility index (Phi) is 5.38. The lowest BCUT2D eigenvalue weighted by Crippen LogP contribution is -2.24. The maximum absolute atomic E-state index is 13.3. The van der Waals surface area contributed by atoms with Gasteiger partial charge in [-0.3, -0.25) is 4.79 Å². The van der Waals surface area contributed by atoms with Crippen LogP contribution in [0.1, 0.15) is 30.6 Å². The van der Waals surface area contributed by atoms with Crippen molar-refractivity contribution in [3.63, 3.8) is 0 Å². The highest BCUT2D eigenvalue weighted by Gasteiger charge is 2.25. The van der Waals surface area contributed by atoms with Crippen LogP contribution < -0.4 is 0 Å². The number of hydrogen-bond donors (Lipinski definition) is 2. The van der Waals surface area contributed by atoms with Gasteiger partial charge in [-0.15, -0.1) is 0 Å². The first kappa shape index (κ1) is 15.5. The summed E-state index contributed by atoms with van der Waals surface area (Å²) in [5.74, 6) is -2.79. The summed E-state index contributed by atoms with van der Waals surface area (Å²) in [6.45, 7) is 3.06. The molecule has 2 N–H and O–H groups in total. The van der Waals surface area contributed by atoms with E-state index in [9.17, 15) is 23.8 Å². The van der Waals surface area contributed by atoms with E-state index in [1.165, 1.54) is 13.0 Å². The zero-order chi connectivity index (χ0) is 14.6. The molecule has 0 amide bonds. The van der Waals surface area contributed by atoms with Gasteiger partial charge in [0.25, 0.3) is 0 Å². The molecule has 1 aromatic carbocycles. The molecular weight excluding hydrogens is 258 g/mol. The normalized spacial score (nSPS) is 14.0. The first-order valence-corrected chi connectivity index (χ1v) is 5.84. The van der Waals surface area contributed by atoms with Crippen molar-refractivity contribution in [3.8, 4) is 0 Å². The molecule has 0 bridgehead atoms. The molecule has 0 aromatic heterocycles. The average Bonchev–Trinajstić information content (AvgIpc) is 2.35. The van der Waals surface area contributed by atoms with Gasteiger partial charge in [0.1, 0.15) is 6.10 Å². The number of aliphatic hydroxyl groups is 2. The zero-order valence-electron chi connectivity index (χ0n) is 10.7. The third kappa shape index (κ3) is 3.71. The minimum absolute atomic E-state index is 0.0377. The average molecular weight is 274 g/mol. The van der Waals surface area contributed by atoms with Crippen LogP contribution in [0.5, 0.6) is 0 Å². The molecule has 6 heteroatoms. The molecule has 4 nitrogen and oxygen atoms in total. The van der Waals surface area contributed by atoms with E-state index in [2.05, 4.69) is 4.74 Å². The van der Waals surface area contributed by atoms with Crippen molar-refractivity contribution in [2.45, 2.75) is 32.5 Å². The van der Waals surface area contributed by atoms with Crippen molar-refractivity contribution in [3.05, 3.63) is 34.9 Å². The summed E-state index contributed by atoms with van der Waals surface area (Å²) in [4.78, 5) is 11.2. The number of rotatable bonds is 5. The topological polar surface area (TPSA) is 66.8 Å². The van der Waals surface area contributed by atoms with Gasteiger partial charge in [-0.1, -0.05) is 6.07 Å². The summed E-state index contributed by atoms with van der Waals surface area (Å²) in [5, 5.41) is 19.5. The van der Waals surface area contributed by atoms with Crippen LogP contribution in [0.2, 0.25) is 0 Å². The van der Waals surface area contributed by atoms with Crippen LogP contribution >= 0.6 is 0 Å². The summed E-state index contributed by atoms with van der Waals surface area (Å²) in [6.07, 6.45) is -3.35. The molecule has 0 radical (unpaired) electrons. The molecule has 106 valence electrons. The Bertz CT molecular complexity index is 462. The van der Waals surface area contributed by atoms with Gasteiger partial charge in [0.2, 0.25) is 0 Å². The summed E-state index contributed by atoms with van der Waals surface area (Å²) in [6, 6.07) is 2.03. The Morgan fingerprint density at radius 1 is 1.37 bits per heavy atom. The lowest BCUT2D eigenvalue weighted by atomic mass is 9.97. The molecule has 1 rings (SSSR count). The fourth-order valence-corrected chi connectivity index (χ4v) is 1.70. The molecule has 0 aliphatic rings. The van der Waals surface area contributed by atoms with E-state index in [1.54, 1.807) is 6.92 Å². The third-order valence-corrected chi connectivity index (χ3v) is 2.75. The minimum Gasteiger partial charge on any atom is -0.466 e. The molecule has 0 spiro atoms. The number of ether oxygens (including phenoxy) is 1. The summed E-state index contributed by atoms with van der Waals surface area (Å²) < 4.78 is 30.9. The minimum atomic E-state index is -1.49. The number of aliphatic hydroxyl groups excluding tert-OH is 2. The molecule has 0 fully saturated rings. The van der Waals surface area contributed by atoms with Crippen LogP contribution in [0.15, 0.2) is 12.1 Å². The van der Waals surface area contributed by atoms with E-state index in [0.29, 0.717) is 0 Å². The van der Waals surface area contributed by atoms with Crippen LogP contribution in [-0.4, -0.2) is 28.9 Å². The first-order chi connectivity index (χ1) is 8.88. The second kappa shape index (κ2) is 6.58. The van der Waals surface area contributed by atoms with Crippen molar-refractivity contribution < 1.29 is 28.5 Å². The smallest absolute Gasteiger partial charge is 0.308 e. The monoisotopic (exact) mass is 274 g/mol. The Balaban J connectivity index is 2.85. The predicted octanol–water partition coefficient (Wildman–Crippen LogP) is 1.62. The van der Waals surface area contributed by atoms with Gasteiger partial charge in [-0.2, -0.15) is 0 Å². The maximum atomic E-state index is 13.3. The van der Waals surface area contributed by atoms with Crippen molar-refractivity contribution in [1.82, 2.24) is 0 Å². The molecule has 19 heavy (non-hydrogen) atoms. The van der Waals surface area contributed by atoms with E-state index >= 15 is 0 Å². The molecule has 0 saturated heterocycles. The van der Waals surface area contributed by atoms with E-state index in [1.807, 2.05) is 0 Å². The summed E-state index contributed by atoms with van der Waals surface area (Å²) >= 11 is 0. The largest absolute Gasteiger partial charge is 0.466 e. The SMILES string of the molecule is CCOC(=O)CC(O)C(O)c1ccc(F)c(F)c1C. The fraction of sp³-hybridized carbons (Fsp3) is 0.462. The third-order valence-electron chi connectivity index (χ3n) is 2.75. The van der Waals surface area contributed by atoms with Gasteiger partial charge in [0.05, 0.1) is 19.1 Å². The molecular formula is C13H16F2O4. The van der Waals surface area contributed by atoms with Crippen LogP contribution in [-0.2, 0) is 9.53 Å². The molecule has 0 aliphatic carbocycles.